The number of hydrogen-bond donors (Lipinski definition) is 5. The Labute approximate surface area is 143 Å². The Morgan fingerprint density at radius 1 is 1.20 bits per heavy atom. The molecule has 2 atom stereocenters. The summed E-state index contributed by atoms with van der Waals surface area (Å²) >= 11 is 0. The maximum atomic E-state index is 12.7. The number of rotatable bonds is 1. The fourth-order valence-corrected chi connectivity index (χ4v) is 3.90. The van der Waals surface area contributed by atoms with Crippen LogP contribution in [0.5, 0.6) is 11.5 Å². The number of allylic oxidation sites excluding steroid dienone is 1. The first-order valence-electron chi connectivity index (χ1n) is 7.87. The van der Waals surface area contributed by atoms with Crippen LogP contribution >= 0.6 is 0 Å². The molecule has 0 aromatic heterocycles. The van der Waals surface area contributed by atoms with Crippen LogP contribution in [0.4, 0.5) is 0 Å². The Morgan fingerprint density at radius 3 is 2.36 bits per heavy atom. The average Bonchev–Trinajstić information content (AvgIpc) is 2.51. The van der Waals surface area contributed by atoms with Gasteiger partial charge < -0.3 is 25.5 Å². The van der Waals surface area contributed by atoms with Crippen LogP contribution in [0.15, 0.2) is 17.2 Å². The molecule has 2 aliphatic rings. The Kier molecular flexibility index (Phi) is 3.62. The van der Waals surface area contributed by atoms with E-state index in [1.165, 1.54) is 6.07 Å². The van der Waals surface area contributed by atoms with Crippen molar-refractivity contribution in [3.63, 3.8) is 0 Å². The van der Waals surface area contributed by atoms with Gasteiger partial charge >= 0.3 is 0 Å². The molecule has 0 spiro atoms. The van der Waals surface area contributed by atoms with Gasteiger partial charge in [0.2, 0.25) is 5.78 Å². The molecule has 0 amide bonds. The second-order valence-corrected chi connectivity index (χ2v) is 7.28. The maximum Gasteiger partial charge on any atom is 0.200 e. The first-order chi connectivity index (χ1) is 11.5. The number of carbonyl (C=O) groups is 2. The zero-order valence-electron chi connectivity index (χ0n) is 14.1. The van der Waals surface area contributed by atoms with E-state index in [9.17, 15) is 35.1 Å². The minimum atomic E-state index is -2.27. The van der Waals surface area contributed by atoms with Crippen molar-refractivity contribution in [3.8, 4) is 11.5 Å². The summed E-state index contributed by atoms with van der Waals surface area (Å²) in [5.41, 5.74) is -3.05. The van der Waals surface area contributed by atoms with Gasteiger partial charge in [-0.25, -0.2) is 0 Å². The molecule has 2 unspecified atom stereocenters. The Hall–Kier alpha value is -2.22. The number of Topliss-reactive ketones (excluding diaryl/α,β-unsaturated/α-hetero) is 2. The molecular weight excluding hydrogens is 328 g/mol. The summed E-state index contributed by atoms with van der Waals surface area (Å²) in [5, 5.41) is 50.7. The molecule has 0 saturated carbocycles. The monoisotopic (exact) mass is 348 g/mol. The Balaban J connectivity index is 2.30. The lowest BCUT2D eigenvalue weighted by atomic mass is 9.60. The van der Waals surface area contributed by atoms with E-state index in [1.807, 2.05) is 0 Å². The first kappa shape index (κ1) is 17.6. The number of aliphatic hydroxyl groups is 3. The van der Waals surface area contributed by atoms with E-state index in [-0.39, 0.29) is 28.9 Å². The fraction of sp³-hybridized carbons (Fsp3) is 0.444. The Morgan fingerprint density at radius 2 is 1.80 bits per heavy atom. The molecule has 25 heavy (non-hydrogen) atoms. The molecule has 0 saturated heterocycles. The van der Waals surface area contributed by atoms with E-state index < -0.39 is 41.0 Å². The number of ketones is 2. The second-order valence-electron chi connectivity index (χ2n) is 7.28. The van der Waals surface area contributed by atoms with Crippen molar-refractivity contribution in [2.24, 2.45) is 5.41 Å². The van der Waals surface area contributed by atoms with Gasteiger partial charge in [0.05, 0.1) is 12.2 Å². The van der Waals surface area contributed by atoms with Gasteiger partial charge in [0.15, 0.2) is 11.4 Å². The molecule has 0 radical (unpaired) electrons. The third kappa shape index (κ3) is 2.09. The molecule has 0 fully saturated rings. The highest BCUT2D eigenvalue weighted by Gasteiger charge is 2.56. The summed E-state index contributed by atoms with van der Waals surface area (Å²) in [6.07, 6.45) is -1.52. The highest BCUT2D eigenvalue weighted by molar-refractivity contribution is 6.22. The van der Waals surface area contributed by atoms with Crippen LogP contribution in [0.1, 0.15) is 43.6 Å². The zero-order valence-corrected chi connectivity index (χ0v) is 14.1. The largest absolute Gasteiger partial charge is 0.507 e. The van der Waals surface area contributed by atoms with Crippen molar-refractivity contribution in [2.45, 2.75) is 45.5 Å². The summed E-state index contributed by atoms with van der Waals surface area (Å²) in [6.45, 7) is 3.57. The number of benzene rings is 1. The van der Waals surface area contributed by atoms with E-state index in [1.54, 1.807) is 13.8 Å². The number of phenols is 2. The van der Waals surface area contributed by atoms with Gasteiger partial charge in [-0.05, 0) is 44.4 Å². The predicted molar refractivity (Wildman–Crippen MR) is 85.8 cm³/mol. The lowest BCUT2D eigenvalue weighted by Gasteiger charge is -2.43. The van der Waals surface area contributed by atoms with Crippen LogP contribution in [-0.2, 0) is 22.6 Å². The van der Waals surface area contributed by atoms with Gasteiger partial charge in [0.1, 0.15) is 17.6 Å². The van der Waals surface area contributed by atoms with Crippen LogP contribution in [-0.4, -0.2) is 42.7 Å². The van der Waals surface area contributed by atoms with Crippen molar-refractivity contribution in [1.82, 2.24) is 0 Å². The molecular formula is C18H20O7. The van der Waals surface area contributed by atoms with Crippen molar-refractivity contribution < 1.29 is 35.1 Å². The van der Waals surface area contributed by atoms with Crippen LogP contribution in [0, 0.1) is 5.41 Å². The lowest BCUT2D eigenvalue weighted by molar-refractivity contribution is -0.154. The van der Waals surface area contributed by atoms with Gasteiger partial charge in [-0.1, -0.05) is 0 Å². The Bertz CT molecular complexity index is 845. The van der Waals surface area contributed by atoms with Gasteiger partial charge in [-0.3, -0.25) is 9.59 Å². The van der Waals surface area contributed by atoms with E-state index in [4.69, 9.17) is 0 Å². The van der Waals surface area contributed by atoms with Crippen LogP contribution in [0.2, 0.25) is 0 Å². The SMILES string of the molecule is CC1(C)C(=O)C(C)(O)C(=O)C2=C1Cc1cc(O)c(CO)c(O)c1C2O. The summed E-state index contributed by atoms with van der Waals surface area (Å²) in [4.78, 5) is 25.2. The molecule has 0 aliphatic heterocycles. The third-order valence-electron chi connectivity index (χ3n) is 5.36. The molecule has 2 aliphatic carbocycles. The summed E-state index contributed by atoms with van der Waals surface area (Å²) in [7, 11) is 0. The molecule has 5 N–H and O–H groups in total. The number of hydrogen-bond acceptors (Lipinski definition) is 7. The van der Waals surface area contributed by atoms with Crippen LogP contribution in [0.25, 0.3) is 0 Å². The van der Waals surface area contributed by atoms with Gasteiger partial charge in [-0.2, -0.15) is 0 Å². The summed E-state index contributed by atoms with van der Waals surface area (Å²) in [6, 6.07) is 1.30. The molecule has 7 nitrogen and oxygen atoms in total. The van der Waals surface area contributed by atoms with Crippen molar-refractivity contribution in [1.29, 1.82) is 0 Å². The smallest absolute Gasteiger partial charge is 0.200 e. The normalized spacial score (nSPS) is 28.0. The molecule has 0 heterocycles. The highest BCUT2D eigenvalue weighted by atomic mass is 16.3. The lowest BCUT2D eigenvalue weighted by Crippen LogP contribution is -2.57. The van der Waals surface area contributed by atoms with Gasteiger partial charge in [0, 0.05) is 16.6 Å². The van der Waals surface area contributed by atoms with Gasteiger partial charge in [0.25, 0.3) is 0 Å². The maximum absolute atomic E-state index is 12.7. The number of fused-ring (bicyclic) bond motifs is 1. The number of carbonyl (C=O) groups excluding carboxylic acids is 2. The van der Waals surface area contributed by atoms with E-state index >= 15 is 0 Å². The van der Waals surface area contributed by atoms with Crippen molar-refractivity contribution in [2.75, 3.05) is 0 Å². The van der Waals surface area contributed by atoms with E-state index in [2.05, 4.69) is 0 Å². The van der Waals surface area contributed by atoms with Crippen LogP contribution < -0.4 is 0 Å². The van der Waals surface area contributed by atoms with E-state index in [0.29, 0.717) is 11.1 Å². The first-order valence-corrected chi connectivity index (χ1v) is 7.87. The van der Waals surface area contributed by atoms with E-state index in [0.717, 1.165) is 6.92 Å². The van der Waals surface area contributed by atoms with Crippen LogP contribution in [0.3, 0.4) is 0 Å². The summed E-state index contributed by atoms with van der Waals surface area (Å²) in [5.74, 6) is -2.41. The molecule has 1 aromatic rings. The number of aromatic hydroxyl groups is 2. The molecule has 1 aromatic carbocycles. The minimum Gasteiger partial charge on any atom is -0.507 e. The predicted octanol–water partition coefficient (Wildman–Crippen LogP) is 0.405. The van der Waals surface area contributed by atoms with Crippen molar-refractivity contribution in [3.05, 3.63) is 33.9 Å². The fourth-order valence-electron chi connectivity index (χ4n) is 3.90. The quantitative estimate of drug-likeness (QED) is 0.464. The highest BCUT2D eigenvalue weighted by Crippen LogP contribution is 2.52. The molecule has 3 rings (SSSR count). The third-order valence-corrected chi connectivity index (χ3v) is 5.36. The second kappa shape index (κ2) is 5.14. The number of aliphatic hydroxyl groups excluding tert-OH is 2. The molecule has 7 heteroatoms. The molecule has 134 valence electrons. The molecule has 0 bridgehead atoms. The zero-order chi connectivity index (χ0) is 18.9. The summed E-state index contributed by atoms with van der Waals surface area (Å²) < 4.78 is 0. The standard InChI is InChI=1S/C18H20O7/c1-17(2)9-4-7-5-10(20)8(6-19)13(21)11(7)14(22)12(9)15(23)18(3,25)16(17)24/h5,14,19-22,25H,4,6H2,1-3H3. The average molecular weight is 348 g/mol. The van der Waals surface area contributed by atoms with Gasteiger partial charge in [-0.15, -0.1) is 0 Å². The van der Waals surface area contributed by atoms with Crippen molar-refractivity contribution >= 4 is 11.6 Å². The minimum absolute atomic E-state index is 0.00472. The topological polar surface area (TPSA) is 135 Å².